The number of ether oxygens (including phenoxy) is 2. The van der Waals surface area contributed by atoms with Gasteiger partial charge in [0.05, 0.1) is 13.7 Å². The highest BCUT2D eigenvalue weighted by Gasteiger charge is 2.22. The number of aliphatic carboxylic acids is 1. The van der Waals surface area contributed by atoms with Gasteiger partial charge in [-0.15, -0.1) is 0 Å². The lowest BCUT2D eigenvalue weighted by Crippen LogP contribution is -2.33. The summed E-state index contributed by atoms with van der Waals surface area (Å²) in [7, 11) is 1.50. The van der Waals surface area contributed by atoms with Crippen LogP contribution in [0.5, 0.6) is 5.75 Å². The zero-order valence-corrected chi connectivity index (χ0v) is 14.7. The van der Waals surface area contributed by atoms with Crippen molar-refractivity contribution >= 4 is 11.9 Å². The van der Waals surface area contributed by atoms with E-state index in [1.807, 2.05) is 30.3 Å². The van der Waals surface area contributed by atoms with Crippen LogP contribution in [0.25, 0.3) is 0 Å². The van der Waals surface area contributed by atoms with Crippen LogP contribution >= 0.6 is 0 Å². The van der Waals surface area contributed by atoms with E-state index in [0.29, 0.717) is 30.9 Å². The first-order chi connectivity index (χ1) is 12.6. The summed E-state index contributed by atoms with van der Waals surface area (Å²) >= 11 is 0. The summed E-state index contributed by atoms with van der Waals surface area (Å²) < 4.78 is 10.6. The van der Waals surface area contributed by atoms with Crippen molar-refractivity contribution in [1.29, 1.82) is 0 Å². The second kappa shape index (κ2) is 10.2. The van der Waals surface area contributed by atoms with Crippen molar-refractivity contribution in [2.45, 2.75) is 25.5 Å². The molecule has 1 unspecified atom stereocenters. The number of amides is 1. The van der Waals surface area contributed by atoms with Crippen molar-refractivity contribution in [2.24, 2.45) is 0 Å². The van der Waals surface area contributed by atoms with Gasteiger partial charge >= 0.3 is 5.97 Å². The Labute approximate surface area is 152 Å². The van der Waals surface area contributed by atoms with E-state index >= 15 is 0 Å². The fraction of sp³-hybridized carbons (Fsp3) is 0.300. The van der Waals surface area contributed by atoms with E-state index in [1.54, 1.807) is 24.3 Å². The molecule has 2 aromatic rings. The number of nitrogens with one attached hydrogen (secondary N) is 1. The van der Waals surface area contributed by atoms with Gasteiger partial charge in [-0.1, -0.05) is 42.5 Å². The molecule has 0 saturated carbocycles. The summed E-state index contributed by atoms with van der Waals surface area (Å²) in [5.41, 5.74) is 1.53. The van der Waals surface area contributed by atoms with Gasteiger partial charge in [0.1, 0.15) is 5.75 Å². The number of hydrogen-bond acceptors (Lipinski definition) is 4. The SMILES string of the molecule is COc1cccc(C(NC(=O)CCCOCc2ccccc2)C(=O)O)c1. The number of carbonyl (C=O) groups excluding carboxylic acids is 1. The minimum Gasteiger partial charge on any atom is -0.497 e. The maximum Gasteiger partial charge on any atom is 0.330 e. The molecule has 0 aliphatic carbocycles. The lowest BCUT2D eigenvalue weighted by Gasteiger charge is -2.15. The zero-order chi connectivity index (χ0) is 18.8. The second-order valence-corrected chi connectivity index (χ2v) is 5.76. The van der Waals surface area contributed by atoms with E-state index in [4.69, 9.17) is 9.47 Å². The molecular weight excluding hydrogens is 334 g/mol. The van der Waals surface area contributed by atoms with Crippen molar-refractivity contribution in [3.05, 3.63) is 65.7 Å². The normalized spacial score (nSPS) is 11.6. The molecule has 0 spiro atoms. The monoisotopic (exact) mass is 357 g/mol. The number of rotatable bonds is 10. The molecule has 26 heavy (non-hydrogen) atoms. The van der Waals surface area contributed by atoms with E-state index in [2.05, 4.69) is 5.32 Å². The predicted octanol–water partition coefficient (Wildman–Crippen LogP) is 2.93. The van der Waals surface area contributed by atoms with Crippen LogP contribution in [-0.2, 0) is 20.9 Å². The van der Waals surface area contributed by atoms with Crippen LogP contribution in [-0.4, -0.2) is 30.7 Å². The van der Waals surface area contributed by atoms with Gasteiger partial charge in [0.15, 0.2) is 6.04 Å². The average Bonchev–Trinajstić information content (AvgIpc) is 2.66. The Balaban J connectivity index is 1.77. The molecule has 2 aromatic carbocycles. The van der Waals surface area contributed by atoms with Crippen molar-refractivity contribution < 1.29 is 24.2 Å². The lowest BCUT2D eigenvalue weighted by molar-refractivity contribution is -0.142. The number of benzene rings is 2. The molecular formula is C20H23NO5. The maximum absolute atomic E-state index is 12.1. The first-order valence-corrected chi connectivity index (χ1v) is 8.38. The quantitative estimate of drug-likeness (QED) is 0.639. The van der Waals surface area contributed by atoms with E-state index in [-0.39, 0.29) is 12.3 Å². The minimum absolute atomic E-state index is 0.197. The number of carbonyl (C=O) groups is 2. The van der Waals surface area contributed by atoms with Crippen molar-refractivity contribution in [1.82, 2.24) is 5.32 Å². The van der Waals surface area contributed by atoms with Crippen LogP contribution in [0.2, 0.25) is 0 Å². The smallest absolute Gasteiger partial charge is 0.330 e. The Morgan fingerprint density at radius 2 is 1.88 bits per heavy atom. The van der Waals surface area contributed by atoms with Crippen LogP contribution in [0, 0.1) is 0 Å². The number of carboxylic acids is 1. The first-order valence-electron chi connectivity index (χ1n) is 8.38. The fourth-order valence-electron chi connectivity index (χ4n) is 2.44. The molecule has 2 N–H and O–H groups in total. The Bertz CT molecular complexity index is 717. The molecule has 0 bridgehead atoms. The Kier molecular flexibility index (Phi) is 7.64. The third-order valence-corrected chi connectivity index (χ3v) is 3.78. The van der Waals surface area contributed by atoms with Gasteiger partial charge in [-0.2, -0.15) is 0 Å². The summed E-state index contributed by atoms with van der Waals surface area (Å²) in [5, 5.41) is 11.9. The largest absolute Gasteiger partial charge is 0.497 e. The van der Waals surface area contributed by atoms with E-state index in [9.17, 15) is 14.7 Å². The molecule has 0 saturated heterocycles. The summed E-state index contributed by atoms with van der Waals surface area (Å²) in [6.07, 6.45) is 0.714. The highest BCUT2D eigenvalue weighted by molar-refractivity contribution is 5.84. The van der Waals surface area contributed by atoms with Crippen LogP contribution in [0.1, 0.15) is 30.0 Å². The Hall–Kier alpha value is -2.86. The van der Waals surface area contributed by atoms with E-state index < -0.39 is 12.0 Å². The van der Waals surface area contributed by atoms with E-state index in [0.717, 1.165) is 5.56 Å². The molecule has 0 heterocycles. The molecule has 1 atom stereocenters. The molecule has 2 rings (SSSR count). The molecule has 0 radical (unpaired) electrons. The fourth-order valence-corrected chi connectivity index (χ4v) is 2.44. The summed E-state index contributed by atoms with van der Waals surface area (Å²) in [6, 6.07) is 15.3. The Morgan fingerprint density at radius 1 is 1.12 bits per heavy atom. The zero-order valence-electron chi connectivity index (χ0n) is 14.7. The van der Waals surface area contributed by atoms with E-state index in [1.165, 1.54) is 7.11 Å². The van der Waals surface area contributed by atoms with Crippen LogP contribution in [0.3, 0.4) is 0 Å². The Morgan fingerprint density at radius 3 is 2.58 bits per heavy atom. The molecule has 6 nitrogen and oxygen atoms in total. The number of hydrogen-bond donors (Lipinski definition) is 2. The lowest BCUT2D eigenvalue weighted by atomic mass is 10.1. The van der Waals surface area contributed by atoms with Gasteiger partial charge in [-0.25, -0.2) is 4.79 Å². The maximum atomic E-state index is 12.1. The van der Waals surface area contributed by atoms with Crippen LogP contribution in [0.4, 0.5) is 0 Å². The molecule has 1 amide bonds. The highest BCUT2D eigenvalue weighted by atomic mass is 16.5. The van der Waals surface area contributed by atoms with Crippen LogP contribution in [0.15, 0.2) is 54.6 Å². The predicted molar refractivity (Wildman–Crippen MR) is 96.8 cm³/mol. The molecule has 0 aromatic heterocycles. The summed E-state index contributed by atoms with van der Waals surface area (Å²) in [6.45, 7) is 0.920. The molecule has 0 fully saturated rings. The minimum atomic E-state index is -1.12. The van der Waals surface area contributed by atoms with Crippen molar-refractivity contribution in [2.75, 3.05) is 13.7 Å². The van der Waals surface area contributed by atoms with Gasteiger partial charge in [-0.05, 0) is 29.7 Å². The number of methoxy groups -OCH3 is 1. The van der Waals surface area contributed by atoms with Gasteiger partial charge in [0.2, 0.25) is 5.91 Å². The second-order valence-electron chi connectivity index (χ2n) is 5.76. The number of carboxylic acid groups (broad SMARTS) is 1. The van der Waals surface area contributed by atoms with Crippen molar-refractivity contribution in [3.8, 4) is 5.75 Å². The molecule has 6 heteroatoms. The summed E-state index contributed by atoms with van der Waals surface area (Å²) in [5.74, 6) is -0.909. The molecule has 0 aliphatic heterocycles. The average molecular weight is 357 g/mol. The van der Waals surface area contributed by atoms with Gasteiger partial charge in [0.25, 0.3) is 0 Å². The third-order valence-electron chi connectivity index (χ3n) is 3.78. The van der Waals surface area contributed by atoms with Gasteiger partial charge in [-0.3, -0.25) is 4.79 Å². The van der Waals surface area contributed by atoms with Crippen LogP contribution < -0.4 is 10.1 Å². The first kappa shape index (κ1) is 19.5. The standard InChI is InChI=1S/C20H23NO5/c1-25-17-10-5-9-16(13-17)19(20(23)24)21-18(22)11-6-12-26-14-15-7-3-2-4-8-15/h2-5,7-10,13,19H,6,11-12,14H2,1H3,(H,21,22)(H,23,24). The summed E-state index contributed by atoms with van der Waals surface area (Å²) in [4.78, 5) is 23.5. The third kappa shape index (κ3) is 6.22. The molecule has 138 valence electrons. The van der Waals surface area contributed by atoms with Gasteiger partial charge in [0, 0.05) is 13.0 Å². The van der Waals surface area contributed by atoms with Gasteiger partial charge < -0.3 is 19.9 Å². The highest BCUT2D eigenvalue weighted by Crippen LogP contribution is 2.19. The topological polar surface area (TPSA) is 84.9 Å². The molecule has 0 aliphatic rings. The van der Waals surface area contributed by atoms with Crippen molar-refractivity contribution in [3.63, 3.8) is 0 Å².